The van der Waals surface area contributed by atoms with Crippen molar-refractivity contribution in [2.45, 2.75) is 24.7 Å². The summed E-state index contributed by atoms with van der Waals surface area (Å²) in [6.45, 7) is 4.02. The minimum Gasteiger partial charge on any atom is -0.487 e. The SMILES string of the molecule is CCCc1cnc(N2C[C@@H]3C(COc4c(F)cc(-c5ccc(S(C)(=O)=O)cc5)cc4F)[C@@H]3C2)nc1. The minimum atomic E-state index is -3.34. The van der Waals surface area contributed by atoms with Crippen molar-refractivity contribution in [1.29, 1.82) is 0 Å². The smallest absolute Gasteiger partial charge is 0.225 e. The van der Waals surface area contributed by atoms with Gasteiger partial charge in [-0.2, -0.15) is 0 Å². The monoisotopic (exact) mass is 499 g/mol. The molecule has 2 aromatic carbocycles. The van der Waals surface area contributed by atoms with Crippen LogP contribution in [-0.2, 0) is 16.3 Å². The van der Waals surface area contributed by atoms with E-state index in [0.29, 0.717) is 23.0 Å². The Morgan fingerprint density at radius 3 is 2.14 bits per heavy atom. The van der Waals surface area contributed by atoms with Gasteiger partial charge in [0.15, 0.2) is 27.2 Å². The molecule has 3 aromatic rings. The maximum Gasteiger partial charge on any atom is 0.225 e. The molecule has 35 heavy (non-hydrogen) atoms. The summed E-state index contributed by atoms with van der Waals surface area (Å²) in [7, 11) is -3.34. The number of sulfone groups is 1. The molecule has 9 heteroatoms. The summed E-state index contributed by atoms with van der Waals surface area (Å²) in [6, 6.07) is 8.33. The van der Waals surface area contributed by atoms with Gasteiger partial charge in [0.2, 0.25) is 5.95 Å². The molecule has 1 aliphatic heterocycles. The van der Waals surface area contributed by atoms with E-state index in [1.807, 2.05) is 12.4 Å². The van der Waals surface area contributed by atoms with Crippen LogP contribution < -0.4 is 9.64 Å². The summed E-state index contributed by atoms with van der Waals surface area (Å²) in [5.41, 5.74) is 1.97. The van der Waals surface area contributed by atoms with Crippen molar-refractivity contribution in [3.8, 4) is 16.9 Å². The fraction of sp³-hybridized carbons (Fsp3) is 0.385. The van der Waals surface area contributed by atoms with Crippen molar-refractivity contribution >= 4 is 15.8 Å². The molecular weight excluding hydrogens is 472 g/mol. The van der Waals surface area contributed by atoms with Crippen molar-refractivity contribution in [3.63, 3.8) is 0 Å². The van der Waals surface area contributed by atoms with Crippen LogP contribution in [0.15, 0.2) is 53.7 Å². The molecule has 0 bridgehead atoms. The number of piperidine rings is 1. The van der Waals surface area contributed by atoms with Gasteiger partial charge in [-0.1, -0.05) is 25.5 Å². The standard InChI is InChI=1S/C26H27F2N3O3S/c1-3-4-16-11-29-26(30-12-16)31-13-20-21(14-31)22(20)15-34-25-23(27)9-18(10-24(25)28)17-5-7-19(8-6-17)35(2,32)33/h5-12,20-22H,3-4,13-15H2,1-2H3/t20-,21+,22?. The van der Waals surface area contributed by atoms with E-state index in [4.69, 9.17) is 4.74 Å². The molecule has 1 saturated heterocycles. The normalized spacial score (nSPS) is 21.1. The van der Waals surface area contributed by atoms with Gasteiger partial charge in [-0.3, -0.25) is 0 Å². The average Bonchev–Trinajstić information content (AvgIpc) is 3.27. The second-order valence-electron chi connectivity index (χ2n) is 9.41. The van der Waals surface area contributed by atoms with E-state index in [0.717, 1.165) is 43.7 Å². The van der Waals surface area contributed by atoms with E-state index in [9.17, 15) is 17.2 Å². The fourth-order valence-corrected chi connectivity index (χ4v) is 5.56. The number of fused-ring (bicyclic) bond motifs is 1. The highest BCUT2D eigenvalue weighted by molar-refractivity contribution is 7.90. The topological polar surface area (TPSA) is 72.4 Å². The molecule has 184 valence electrons. The summed E-state index contributed by atoms with van der Waals surface area (Å²) >= 11 is 0. The number of halogens is 2. The largest absolute Gasteiger partial charge is 0.487 e. The molecule has 0 spiro atoms. The predicted octanol–water partition coefficient (Wildman–Crippen LogP) is 4.54. The van der Waals surface area contributed by atoms with E-state index >= 15 is 0 Å². The number of hydrogen-bond acceptors (Lipinski definition) is 6. The predicted molar refractivity (Wildman–Crippen MR) is 129 cm³/mol. The lowest BCUT2D eigenvalue weighted by molar-refractivity contribution is 0.257. The number of benzene rings is 2. The molecule has 1 unspecified atom stereocenters. The van der Waals surface area contributed by atoms with Gasteiger partial charge in [0, 0.05) is 37.7 Å². The average molecular weight is 500 g/mol. The van der Waals surface area contributed by atoms with Crippen LogP contribution in [-0.4, -0.2) is 44.3 Å². The van der Waals surface area contributed by atoms with E-state index in [2.05, 4.69) is 21.8 Å². The van der Waals surface area contributed by atoms with Gasteiger partial charge in [-0.05, 0) is 59.2 Å². The van der Waals surface area contributed by atoms with E-state index < -0.39 is 21.5 Å². The molecule has 1 aromatic heterocycles. The first-order chi connectivity index (χ1) is 16.7. The zero-order valence-corrected chi connectivity index (χ0v) is 20.4. The number of hydrogen-bond donors (Lipinski definition) is 0. The second-order valence-corrected chi connectivity index (χ2v) is 11.4. The first-order valence-corrected chi connectivity index (χ1v) is 13.6. The summed E-state index contributed by atoms with van der Waals surface area (Å²) < 4.78 is 58.2. The molecule has 1 aliphatic carbocycles. The van der Waals surface area contributed by atoms with E-state index in [-0.39, 0.29) is 23.2 Å². The molecule has 5 rings (SSSR count). The summed E-state index contributed by atoms with van der Waals surface area (Å²) in [5.74, 6) is -0.125. The maximum atomic E-state index is 14.7. The van der Waals surface area contributed by atoms with Gasteiger partial charge in [0.05, 0.1) is 11.5 Å². The van der Waals surface area contributed by atoms with Crippen LogP contribution in [0.2, 0.25) is 0 Å². The molecule has 1 saturated carbocycles. The zero-order chi connectivity index (χ0) is 24.7. The van der Waals surface area contributed by atoms with Crippen LogP contribution in [0.25, 0.3) is 11.1 Å². The second kappa shape index (κ2) is 9.18. The molecule has 2 heterocycles. The minimum absolute atomic E-state index is 0.149. The van der Waals surface area contributed by atoms with Gasteiger partial charge in [-0.15, -0.1) is 0 Å². The lowest BCUT2D eigenvalue weighted by atomic mass is 10.1. The Morgan fingerprint density at radius 1 is 1.00 bits per heavy atom. The third-order valence-corrected chi connectivity index (χ3v) is 8.05. The number of aromatic nitrogens is 2. The number of rotatable bonds is 8. The highest BCUT2D eigenvalue weighted by Gasteiger charge is 2.56. The first-order valence-electron chi connectivity index (χ1n) is 11.7. The number of aryl methyl sites for hydroxylation is 1. The van der Waals surface area contributed by atoms with Crippen molar-refractivity contribution in [2.24, 2.45) is 17.8 Å². The number of ether oxygens (including phenoxy) is 1. The van der Waals surface area contributed by atoms with Crippen LogP contribution in [0.3, 0.4) is 0 Å². The Labute approximate surface area is 203 Å². The van der Waals surface area contributed by atoms with Crippen molar-refractivity contribution in [1.82, 2.24) is 9.97 Å². The highest BCUT2D eigenvalue weighted by atomic mass is 32.2. The summed E-state index contributed by atoms with van der Waals surface area (Å²) in [5, 5.41) is 0. The molecule has 2 fully saturated rings. The van der Waals surface area contributed by atoms with Crippen LogP contribution in [0.4, 0.5) is 14.7 Å². The van der Waals surface area contributed by atoms with Gasteiger partial charge in [-0.25, -0.2) is 27.2 Å². The number of anilines is 1. The van der Waals surface area contributed by atoms with Crippen LogP contribution in [0.5, 0.6) is 5.75 Å². The highest BCUT2D eigenvalue weighted by Crippen LogP contribution is 2.52. The first kappa shape index (κ1) is 23.7. The van der Waals surface area contributed by atoms with Gasteiger partial charge >= 0.3 is 0 Å². The molecule has 3 atom stereocenters. The third-order valence-electron chi connectivity index (χ3n) is 6.92. The van der Waals surface area contributed by atoms with Gasteiger partial charge in [0.1, 0.15) is 0 Å². The Kier molecular flexibility index (Phi) is 6.21. The molecule has 6 nitrogen and oxygen atoms in total. The summed E-state index contributed by atoms with van der Waals surface area (Å²) in [6.07, 6.45) is 6.89. The Balaban J connectivity index is 1.19. The van der Waals surface area contributed by atoms with Crippen molar-refractivity contribution in [2.75, 3.05) is 30.9 Å². The summed E-state index contributed by atoms with van der Waals surface area (Å²) in [4.78, 5) is 11.3. The van der Waals surface area contributed by atoms with Gasteiger partial charge < -0.3 is 9.64 Å². The van der Waals surface area contributed by atoms with E-state index in [1.54, 1.807) is 0 Å². The molecular formula is C26H27F2N3O3S. The molecule has 0 amide bonds. The van der Waals surface area contributed by atoms with Crippen LogP contribution >= 0.6 is 0 Å². The lowest BCUT2D eigenvalue weighted by Gasteiger charge is -2.20. The Bertz CT molecular complexity index is 1300. The third kappa shape index (κ3) is 4.87. The zero-order valence-electron chi connectivity index (χ0n) is 19.6. The Hall–Kier alpha value is -3.07. The van der Waals surface area contributed by atoms with Crippen molar-refractivity contribution < 1.29 is 21.9 Å². The lowest BCUT2D eigenvalue weighted by Crippen LogP contribution is -2.27. The quantitative estimate of drug-likeness (QED) is 0.453. The van der Waals surface area contributed by atoms with Crippen LogP contribution in [0.1, 0.15) is 18.9 Å². The van der Waals surface area contributed by atoms with Crippen LogP contribution in [0, 0.1) is 29.4 Å². The van der Waals surface area contributed by atoms with E-state index in [1.165, 1.54) is 36.4 Å². The van der Waals surface area contributed by atoms with Crippen molar-refractivity contribution in [3.05, 3.63) is 66.0 Å². The maximum absolute atomic E-state index is 14.7. The molecule has 0 radical (unpaired) electrons. The Morgan fingerprint density at radius 2 is 1.60 bits per heavy atom. The molecule has 0 N–H and O–H groups in total. The fourth-order valence-electron chi connectivity index (χ4n) is 4.93. The van der Waals surface area contributed by atoms with Gasteiger partial charge in [0.25, 0.3) is 0 Å². The molecule has 2 aliphatic rings. The number of nitrogens with zero attached hydrogens (tertiary/aromatic N) is 3.